The molecule has 0 N–H and O–H groups in total. The van der Waals surface area contributed by atoms with E-state index in [2.05, 4.69) is 4.90 Å². The highest BCUT2D eigenvalue weighted by Crippen LogP contribution is 2.36. The summed E-state index contributed by atoms with van der Waals surface area (Å²) in [4.78, 5) is 32.2. The molecule has 0 bridgehead atoms. The van der Waals surface area contributed by atoms with E-state index in [4.69, 9.17) is 17.0 Å². The maximum absolute atomic E-state index is 14.3. The zero-order valence-corrected chi connectivity index (χ0v) is 22.6. The van der Waals surface area contributed by atoms with Crippen LogP contribution in [0.15, 0.2) is 34.0 Å². The van der Waals surface area contributed by atoms with Gasteiger partial charge in [0, 0.05) is 59.1 Å². The number of rotatable bonds is 7. The van der Waals surface area contributed by atoms with Gasteiger partial charge in [0.15, 0.2) is 0 Å². The van der Waals surface area contributed by atoms with Gasteiger partial charge in [-0.1, -0.05) is 36.1 Å². The third-order valence-corrected chi connectivity index (χ3v) is 8.00. The Kier molecular flexibility index (Phi) is 8.32. The van der Waals surface area contributed by atoms with Crippen molar-refractivity contribution in [1.82, 2.24) is 9.47 Å². The Morgan fingerprint density at radius 1 is 1.19 bits per heavy atom. The molecule has 0 aliphatic carbocycles. The van der Waals surface area contributed by atoms with Crippen LogP contribution < -0.4 is 15.4 Å². The van der Waals surface area contributed by atoms with E-state index in [1.165, 1.54) is 22.4 Å². The molecular formula is C26H28FN5O3S2. The molecule has 11 heteroatoms. The summed E-state index contributed by atoms with van der Waals surface area (Å²) in [6.07, 6.45) is 2.40. The number of methoxy groups -OCH3 is 1. The number of halogens is 1. The summed E-state index contributed by atoms with van der Waals surface area (Å²) < 4.78 is 21.4. The van der Waals surface area contributed by atoms with E-state index in [9.17, 15) is 19.2 Å². The Morgan fingerprint density at radius 2 is 1.86 bits per heavy atom. The predicted molar refractivity (Wildman–Crippen MR) is 148 cm³/mol. The lowest BCUT2D eigenvalue weighted by molar-refractivity contribution is -0.122. The summed E-state index contributed by atoms with van der Waals surface area (Å²) in [5.41, 5.74) is 1.34. The first-order valence-corrected chi connectivity index (χ1v) is 13.1. The molecule has 4 rings (SSSR count). The van der Waals surface area contributed by atoms with E-state index in [0.717, 1.165) is 0 Å². The van der Waals surface area contributed by atoms with Gasteiger partial charge in [-0.05, 0) is 37.1 Å². The van der Waals surface area contributed by atoms with Gasteiger partial charge in [0.05, 0.1) is 10.6 Å². The van der Waals surface area contributed by atoms with Crippen LogP contribution in [0.3, 0.4) is 0 Å². The van der Waals surface area contributed by atoms with Crippen molar-refractivity contribution >= 4 is 51.8 Å². The summed E-state index contributed by atoms with van der Waals surface area (Å²) in [7, 11) is 3.24. The molecule has 0 saturated carbocycles. The van der Waals surface area contributed by atoms with Gasteiger partial charge in [-0.2, -0.15) is 5.26 Å². The minimum absolute atomic E-state index is 0.0399. The Hall–Kier alpha value is -3.20. The highest BCUT2D eigenvalue weighted by Gasteiger charge is 2.33. The van der Waals surface area contributed by atoms with E-state index in [1.807, 2.05) is 17.0 Å². The molecule has 194 valence electrons. The Morgan fingerprint density at radius 3 is 2.51 bits per heavy atom. The molecule has 8 nitrogen and oxygen atoms in total. The third-order valence-electron chi connectivity index (χ3n) is 6.62. The highest BCUT2D eigenvalue weighted by molar-refractivity contribution is 8.26. The van der Waals surface area contributed by atoms with Crippen molar-refractivity contribution in [2.75, 3.05) is 56.2 Å². The van der Waals surface area contributed by atoms with Crippen LogP contribution in [0.5, 0.6) is 0 Å². The number of nitrogens with zero attached hydrogens (tertiary/aromatic N) is 5. The number of para-hydroxylation sites is 1. The zero-order chi connectivity index (χ0) is 26.7. The minimum atomic E-state index is -0.393. The molecule has 1 aromatic carbocycles. The molecular weight excluding hydrogens is 513 g/mol. The fourth-order valence-corrected chi connectivity index (χ4v) is 5.94. The second-order valence-electron chi connectivity index (χ2n) is 8.82. The predicted octanol–water partition coefficient (Wildman–Crippen LogP) is 3.27. The van der Waals surface area contributed by atoms with Crippen molar-refractivity contribution in [3.8, 4) is 6.07 Å². The van der Waals surface area contributed by atoms with Crippen molar-refractivity contribution in [2.24, 2.45) is 7.05 Å². The maximum Gasteiger partial charge on any atom is 0.270 e. The van der Waals surface area contributed by atoms with Gasteiger partial charge >= 0.3 is 0 Å². The number of aromatic nitrogens is 1. The first-order chi connectivity index (χ1) is 17.8. The standard InChI is InChI=1S/C26H28FN5O3S2/c1-17-18(15-22-25(34)32(26(36)37-22)9-6-14-35-3)23(29(2)24(33)19(17)16-28)31-12-10-30(11-13-31)21-8-5-4-7-20(21)27/h4-5,7-8,15H,6,9-14H2,1-3H3/b22-15-. The third kappa shape index (κ3) is 5.28. The topological polar surface area (TPSA) is 81.8 Å². The van der Waals surface area contributed by atoms with E-state index in [0.29, 0.717) is 77.6 Å². The fraction of sp³-hybridized carbons (Fsp3) is 0.385. The lowest BCUT2D eigenvalue weighted by Gasteiger charge is -2.38. The Labute approximate surface area is 224 Å². The summed E-state index contributed by atoms with van der Waals surface area (Å²) in [5.74, 6) is 0.151. The molecule has 37 heavy (non-hydrogen) atoms. The number of amides is 1. The van der Waals surface area contributed by atoms with Crippen LogP contribution in [0, 0.1) is 24.1 Å². The van der Waals surface area contributed by atoms with Crippen LogP contribution >= 0.6 is 24.0 Å². The lowest BCUT2D eigenvalue weighted by atomic mass is 10.0. The molecule has 2 aliphatic rings. The summed E-state index contributed by atoms with van der Waals surface area (Å²) in [6, 6.07) is 8.70. The smallest absolute Gasteiger partial charge is 0.270 e. The number of pyridine rings is 1. The molecule has 0 spiro atoms. The van der Waals surface area contributed by atoms with E-state index in [1.54, 1.807) is 44.2 Å². The van der Waals surface area contributed by atoms with Crippen molar-refractivity contribution in [3.63, 3.8) is 0 Å². The average molecular weight is 542 g/mol. The summed E-state index contributed by atoms with van der Waals surface area (Å²) in [6.45, 7) is 4.87. The molecule has 2 aromatic rings. The largest absolute Gasteiger partial charge is 0.385 e. The van der Waals surface area contributed by atoms with E-state index < -0.39 is 5.56 Å². The average Bonchev–Trinajstić information content (AvgIpc) is 3.16. The van der Waals surface area contributed by atoms with Gasteiger partial charge in [-0.3, -0.25) is 19.1 Å². The number of carbonyl (C=O) groups is 1. The van der Waals surface area contributed by atoms with E-state index in [-0.39, 0.29) is 17.3 Å². The number of piperazine rings is 1. The number of thioether (sulfide) groups is 1. The van der Waals surface area contributed by atoms with Crippen molar-refractivity contribution < 1.29 is 13.9 Å². The van der Waals surface area contributed by atoms with Crippen molar-refractivity contribution in [2.45, 2.75) is 13.3 Å². The molecule has 1 aromatic heterocycles. The number of ether oxygens (including phenoxy) is 1. The van der Waals surface area contributed by atoms with Gasteiger partial charge in [0.1, 0.15) is 27.6 Å². The summed E-state index contributed by atoms with van der Waals surface area (Å²) >= 11 is 6.66. The second kappa shape index (κ2) is 11.5. The normalized spacial score (nSPS) is 17.2. The Bertz CT molecular complexity index is 1360. The SMILES string of the molecule is COCCCN1C(=O)/C(=C/c2c(C)c(C#N)c(=O)n(C)c2N2CCN(c3ccccc3F)CC2)SC1=S. The molecule has 2 aliphatic heterocycles. The first kappa shape index (κ1) is 26.9. The van der Waals surface area contributed by atoms with Crippen LogP contribution in [-0.2, 0) is 16.6 Å². The molecule has 0 atom stereocenters. The van der Waals surface area contributed by atoms with Gasteiger partial charge in [0.25, 0.3) is 11.5 Å². The fourth-order valence-electron chi connectivity index (χ4n) is 4.65. The first-order valence-electron chi connectivity index (χ1n) is 11.9. The molecule has 2 fully saturated rings. The highest BCUT2D eigenvalue weighted by atomic mass is 32.2. The number of anilines is 2. The minimum Gasteiger partial charge on any atom is -0.385 e. The van der Waals surface area contributed by atoms with Crippen molar-refractivity contribution in [3.05, 3.63) is 62.0 Å². The quantitative estimate of drug-likeness (QED) is 0.300. The van der Waals surface area contributed by atoms with Gasteiger partial charge in [0.2, 0.25) is 0 Å². The molecule has 1 amide bonds. The van der Waals surface area contributed by atoms with Crippen LogP contribution in [0.25, 0.3) is 6.08 Å². The maximum atomic E-state index is 14.3. The molecule has 0 radical (unpaired) electrons. The molecule has 3 heterocycles. The Balaban J connectivity index is 1.69. The second-order valence-corrected chi connectivity index (χ2v) is 10.5. The van der Waals surface area contributed by atoms with Gasteiger partial charge < -0.3 is 14.5 Å². The monoisotopic (exact) mass is 541 g/mol. The number of hydrogen-bond acceptors (Lipinski definition) is 8. The van der Waals surface area contributed by atoms with E-state index >= 15 is 0 Å². The van der Waals surface area contributed by atoms with Crippen LogP contribution in [0.2, 0.25) is 0 Å². The summed E-state index contributed by atoms with van der Waals surface area (Å²) in [5, 5.41) is 9.70. The van der Waals surface area contributed by atoms with Gasteiger partial charge in [-0.25, -0.2) is 4.39 Å². The number of hydrogen-bond donors (Lipinski definition) is 0. The number of thiocarbonyl (C=S) groups is 1. The molecule has 2 saturated heterocycles. The lowest BCUT2D eigenvalue weighted by Crippen LogP contribution is -2.48. The number of benzene rings is 1. The number of carbonyl (C=O) groups excluding carboxylic acids is 1. The number of nitriles is 1. The molecule has 0 unspecified atom stereocenters. The van der Waals surface area contributed by atoms with Crippen molar-refractivity contribution in [1.29, 1.82) is 5.26 Å². The van der Waals surface area contributed by atoms with Gasteiger partial charge in [-0.15, -0.1) is 0 Å². The van der Waals surface area contributed by atoms with Crippen LogP contribution in [0.4, 0.5) is 15.9 Å². The van der Waals surface area contributed by atoms with Crippen LogP contribution in [0.1, 0.15) is 23.1 Å². The van der Waals surface area contributed by atoms with Crippen LogP contribution in [-0.4, -0.2) is 66.1 Å². The zero-order valence-electron chi connectivity index (χ0n) is 21.0.